The zero-order valence-corrected chi connectivity index (χ0v) is 11.2. The van der Waals surface area contributed by atoms with Gasteiger partial charge in [0.2, 0.25) is 5.95 Å². The second kappa shape index (κ2) is 4.49. The van der Waals surface area contributed by atoms with Crippen molar-refractivity contribution < 1.29 is 0 Å². The molecule has 20 heavy (non-hydrogen) atoms. The number of aromatic nitrogens is 2. The molecule has 0 amide bonds. The molecule has 1 aromatic carbocycles. The van der Waals surface area contributed by atoms with E-state index in [4.69, 9.17) is 11.0 Å². The van der Waals surface area contributed by atoms with Gasteiger partial charge in [0.1, 0.15) is 17.5 Å². The van der Waals surface area contributed by atoms with Crippen molar-refractivity contribution in [2.24, 2.45) is 0 Å². The van der Waals surface area contributed by atoms with Crippen molar-refractivity contribution in [2.45, 2.75) is 25.3 Å². The van der Waals surface area contributed by atoms with Crippen LogP contribution in [0.3, 0.4) is 0 Å². The Balaban J connectivity index is 1.86. The van der Waals surface area contributed by atoms with E-state index in [1.165, 1.54) is 17.3 Å². The lowest BCUT2D eigenvalue weighted by Gasteiger charge is -2.18. The van der Waals surface area contributed by atoms with E-state index >= 15 is 0 Å². The standard InChI is InChI=1S/C15H15N5/c1-10-2-4-12(5-3-10)15(6-7-15)20-14-18-9-11(8-16)13(17)19-14/h2-5,9H,6-7H2,1H3,(H3,17,18,19,20). The summed E-state index contributed by atoms with van der Waals surface area (Å²) in [6.45, 7) is 2.07. The predicted octanol–water partition coefficient (Wildman–Crippen LogP) is 2.34. The summed E-state index contributed by atoms with van der Waals surface area (Å²) in [5.74, 6) is 0.685. The Hall–Kier alpha value is -2.61. The maximum atomic E-state index is 8.83. The van der Waals surface area contributed by atoms with E-state index < -0.39 is 0 Å². The molecule has 5 heteroatoms. The summed E-state index contributed by atoms with van der Waals surface area (Å²) in [7, 11) is 0. The van der Waals surface area contributed by atoms with E-state index in [-0.39, 0.29) is 11.4 Å². The van der Waals surface area contributed by atoms with Gasteiger partial charge in [-0.05, 0) is 25.3 Å². The molecule has 5 nitrogen and oxygen atoms in total. The third-order valence-electron chi connectivity index (χ3n) is 3.64. The lowest BCUT2D eigenvalue weighted by molar-refractivity contribution is 0.790. The molecular weight excluding hydrogens is 250 g/mol. The molecule has 0 spiro atoms. The first-order valence-electron chi connectivity index (χ1n) is 6.51. The van der Waals surface area contributed by atoms with Gasteiger partial charge in [0.25, 0.3) is 0 Å². The highest BCUT2D eigenvalue weighted by atomic mass is 15.2. The van der Waals surface area contributed by atoms with Crippen LogP contribution in [0.1, 0.15) is 29.5 Å². The highest BCUT2D eigenvalue weighted by Gasteiger charge is 2.44. The molecule has 1 fully saturated rings. The van der Waals surface area contributed by atoms with Gasteiger partial charge < -0.3 is 11.1 Å². The average molecular weight is 265 g/mol. The van der Waals surface area contributed by atoms with Crippen molar-refractivity contribution in [2.75, 3.05) is 11.1 Å². The smallest absolute Gasteiger partial charge is 0.225 e. The summed E-state index contributed by atoms with van der Waals surface area (Å²) in [6.07, 6.45) is 3.54. The molecule has 0 saturated heterocycles. The fourth-order valence-corrected chi connectivity index (χ4v) is 2.24. The van der Waals surface area contributed by atoms with E-state index in [9.17, 15) is 0 Å². The number of nitrogens with two attached hydrogens (primary N) is 1. The summed E-state index contributed by atoms with van der Waals surface area (Å²) in [6, 6.07) is 10.4. The summed E-state index contributed by atoms with van der Waals surface area (Å²) < 4.78 is 0. The number of hydrogen-bond acceptors (Lipinski definition) is 5. The van der Waals surface area contributed by atoms with Crippen molar-refractivity contribution in [1.29, 1.82) is 5.26 Å². The summed E-state index contributed by atoms with van der Waals surface area (Å²) in [5, 5.41) is 12.2. The zero-order chi connectivity index (χ0) is 14.2. The second-order valence-electron chi connectivity index (χ2n) is 5.18. The largest absolute Gasteiger partial charge is 0.382 e. The van der Waals surface area contributed by atoms with Crippen LogP contribution in [0.25, 0.3) is 0 Å². The molecular formula is C15H15N5. The Morgan fingerprint density at radius 3 is 2.55 bits per heavy atom. The minimum atomic E-state index is -0.0890. The molecule has 0 aliphatic heterocycles. The van der Waals surface area contributed by atoms with Crippen LogP contribution < -0.4 is 11.1 Å². The second-order valence-corrected chi connectivity index (χ2v) is 5.18. The molecule has 1 aromatic heterocycles. The number of nitriles is 1. The summed E-state index contributed by atoms with van der Waals surface area (Å²) >= 11 is 0. The first-order chi connectivity index (χ1) is 9.63. The van der Waals surface area contributed by atoms with Gasteiger partial charge in [-0.25, -0.2) is 4.98 Å². The first-order valence-corrected chi connectivity index (χ1v) is 6.51. The first kappa shape index (κ1) is 12.4. The average Bonchev–Trinajstić information content (AvgIpc) is 3.20. The molecule has 100 valence electrons. The van der Waals surface area contributed by atoms with E-state index in [0.29, 0.717) is 11.5 Å². The number of anilines is 2. The molecule has 0 radical (unpaired) electrons. The fraction of sp³-hybridized carbons (Fsp3) is 0.267. The molecule has 1 aliphatic rings. The lowest BCUT2D eigenvalue weighted by atomic mass is 10.0. The fourth-order valence-electron chi connectivity index (χ4n) is 2.24. The Morgan fingerprint density at radius 2 is 2.00 bits per heavy atom. The van der Waals surface area contributed by atoms with Gasteiger partial charge in [-0.3, -0.25) is 0 Å². The molecule has 0 atom stereocenters. The molecule has 1 aliphatic carbocycles. The van der Waals surface area contributed by atoms with Crippen molar-refractivity contribution in [1.82, 2.24) is 9.97 Å². The molecule has 0 bridgehead atoms. The Labute approximate surface area is 117 Å². The highest BCUT2D eigenvalue weighted by Crippen LogP contribution is 2.47. The van der Waals surface area contributed by atoms with Crippen LogP contribution in [0.15, 0.2) is 30.5 Å². The maximum Gasteiger partial charge on any atom is 0.225 e. The lowest BCUT2D eigenvalue weighted by Crippen LogP contribution is -2.20. The van der Waals surface area contributed by atoms with E-state index in [2.05, 4.69) is 46.5 Å². The van der Waals surface area contributed by atoms with Gasteiger partial charge in [0, 0.05) is 0 Å². The number of benzene rings is 1. The van der Waals surface area contributed by atoms with Crippen LogP contribution >= 0.6 is 0 Å². The van der Waals surface area contributed by atoms with Crippen molar-refractivity contribution in [3.05, 3.63) is 47.2 Å². The van der Waals surface area contributed by atoms with Crippen molar-refractivity contribution >= 4 is 11.8 Å². The van der Waals surface area contributed by atoms with E-state index in [1.54, 1.807) is 0 Å². The van der Waals surface area contributed by atoms with Crippen LogP contribution in [0, 0.1) is 18.3 Å². The Kier molecular flexibility index (Phi) is 2.79. The van der Waals surface area contributed by atoms with Crippen LogP contribution in [0.4, 0.5) is 11.8 Å². The Bertz CT molecular complexity index is 680. The number of nitrogen functional groups attached to an aromatic ring is 1. The Morgan fingerprint density at radius 1 is 1.30 bits per heavy atom. The number of nitrogens with zero attached hydrogens (tertiary/aromatic N) is 3. The summed E-state index contributed by atoms with van der Waals surface area (Å²) in [4.78, 5) is 8.30. The van der Waals surface area contributed by atoms with E-state index in [1.807, 2.05) is 6.07 Å². The van der Waals surface area contributed by atoms with Gasteiger partial charge in [0.15, 0.2) is 0 Å². The van der Waals surface area contributed by atoms with Gasteiger partial charge in [-0.1, -0.05) is 29.8 Å². The number of nitrogens with one attached hydrogen (secondary N) is 1. The predicted molar refractivity (Wildman–Crippen MR) is 76.9 cm³/mol. The molecule has 3 N–H and O–H groups in total. The minimum absolute atomic E-state index is 0.0890. The van der Waals surface area contributed by atoms with Gasteiger partial charge in [0.05, 0.1) is 11.7 Å². The highest BCUT2D eigenvalue weighted by molar-refractivity contribution is 5.51. The molecule has 1 heterocycles. The third-order valence-corrected chi connectivity index (χ3v) is 3.64. The summed E-state index contributed by atoms with van der Waals surface area (Å²) in [5.41, 5.74) is 8.40. The molecule has 2 aromatic rings. The minimum Gasteiger partial charge on any atom is -0.382 e. The topological polar surface area (TPSA) is 87.6 Å². The zero-order valence-electron chi connectivity index (χ0n) is 11.2. The van der Waals surface area contributed by atoms with Gasteiger partial charge in [-0.2, -0.15) is 10.2 Å². The maximum absolute atomic E-state index is 8.83. The van der Waals surface area contributed by atoms with Crippen LogP contribution in [0.5, 0.6) is 0 Å². The number of rotatable bonds is 3. The van der Waals surface area contributed by atoms with Crippen LogP contribution in [-0.2, 0) is 5.54 Å². The molecule has 1 saturated carbocycles. The molecule has 0 unspecified atom stereocenters. The monoisotopic (exact) mass is 265 g/mol. The van der Waals surface area contributed by atoms with Crippen molar-refractivity contribution in [3.63, 3.8) is 0 Å². The third kappa shape index (κ3) is 2.16. The van der Waals surface area contributed by atoms with Crippen molar-refractivity contribution in [3.8, 4) is 6.07 Å². The van der Waals surface area contributed by atoms with Crippen LogP contribution in [0.2, 0.25) is 0 Å². The molecule has 3 rings (SSSR count). The van der Waals surface area contributed by atoms with Crippen LogP contribution in [-0.4, -0.2) is 9.97 Å². The quantitative estimate of drug-likeness (QED) is 0.889. The van der Waals surface area contributed by atoms with Gasteiger partial charge in [-0.15, -0.1) is 0 Å². The van der Waals surface area contributed by atoms with Gasteiger partial charge >= 0.3 is 0 Å². The number of aryl methyl sites for hydroxylation is 1. The number of hydrogen-bond donors (Lipinski definition) is 2. The normalized spacial score (nSPS) is 15.4. The SMILES string of the molecule is Cc1ccc(C2(Nc3ncc(C#N)c(N)n3)CC2)cc1. The van der Waals surface area contributed by atoms with E-state index in [0.717, 1.165) is 12.8 Å².